The molecule has 3 heterocycles. The van der Waals surface area contributed by atoms with E-state index in [2.05, 4.69) is 40.2 Å². The molecule has 0 N–H and O–H groups in total. The number of rotatable bonds is 4. The summed E-state index contributed by atoms with van der Waals surface area (Å²) in [6, 6.07) is 23.0. The van der Waals surface area contributed by atoms with Crippen molar-refractivity contribution in [1.29, 1.82) is 0 Å². The molecule has 0 aliphatic carbocycles. The number of hydrogen-bond acceptors (Lipinski definition) is 5. The highest BCUT2D eigenvalue weighted by molar-refractivity contribution is 6.03. The summed E-state index contributed by atoms with van der Waals surface area (Å²) in [4.78, 5) is 22.4. The van der Waals surface area contributed by atoms with E-state index in [0.717, 1.165) is 61.4 Å². The second kappa shape index (κ2) is 8.70. The van der Waals surface area contributed by atoms with Gasteiger partial charge in [0.25, 0.3) is 5.91 Å². The van der Waals surface area contributed by atoms with Crippen LogP contribution >= 0.6 is 0 Å². The van der Waals surface area contributed by atoms with Crippen LogP contribution in [0.25, 0.3) is 32.8 Å². The number of aromatic nitrogens is 1. The first-order chi connectivity index (χ1) is 16.7. The molecule has 0 bridgehead atoms. The van der Waals surface area contributed by atoms with E-state index in [0.29, 0.717) is 17.5 Å². The maximum absolute atomic E-state index is 13.4. The van der Waals surface area contributed by atoms with Crippen LogP contribution in [0.2, 0.25) is 0 Å². The molecule has 0 unspecified atom stereocenters. The van der Waals surface area contributed by atoms with Gasteiger partial charge in [0, 0.05) is 43.2 Å². The number of hydrogen-bond donors (Lipinski definition) is 0. The Kier molecular flexibility index (Phi) is 5.40. The number of benzene rings is 3. The quantitative estimate of drug-likeness (QED) is 0.463. The molecule has 6 heteroatoms. The lowest BCUT2D eigenvalue weighted by Crippen LogP contribution is -2.57. The summed E-state index contributed by atoms with van der Waals surface area (Å²) >= 11 is 0. The predicted octanol–water partition coefficient (Wildman–Crippen LogP) is 4.22. The van der Waals surface area contributed by atoms with Crippen molar-refractivity contribution >= 4 is 27.6 Å². The van der Waals surface area contributed by atoms with Crippen LogP contribution in [-0.4, -0.2) is 73.2 Å². The zero-order chi connectivity index (χ0) is 23.1. The van der Waals surface area contributed by atoms with Crippen LogP contribution < -0.4 is 4.74 Å². The molecule has 0 radical (unpaired) electrons. The molecule has 2 aliphatic rings. The molecule has 0 spiro atoms. The van der Waals surface area contributed by atoms with Crippen LogP contribution in [0, 0.1) is 0 Å². The maximum atomic E-state index is 13.4. The Morgan fingerprint density at radius 3 is 2.47 bits per heavy atom. The first kappa shape index (κ1) is 21.1. The molecule has 172 valence electrons. The number of ether oxygens (including phenoxy) is 2. The summed E-state index contributed by atoms with van der Waals surface area (Å²) < 4.78 is 10.8. The Hall–Kier alpha value is -3.48. The van der Waals surface area contributed by atoms with Crippen molar-refractivity contribution in [2.75, 3.05) is 46.5 Å². The molecule has 1 aromatic heterocycles. The molecule has 6 rings (SSSR count). The molecule has 4 aromatic rings. The molecule has 2 saturated heterocycles. The van der Waals surface area contributed by atoms with Gasteiger partial charge in [0.15, 0.2) is 0 Å². The Balaban J connectivity index is 1.35. The lowest BCUT2D eigenvalue weighted by molar-refractivity contribution is -0.0746. The smallest absolute Gasteiger partial charge is 0.253 e. The summed E-state index contributed by atoms with van der Waals surface area (Å²) in [5, 5.41) is 3.32. The molecule has 34 heavy (non-hydrogen) atoms. The molecule has 3 aromatic carbocycles. The number of fused-ring (bicyclic) bond motifs is 2. The average molecular weight is 454 g/mol. The van der Waals surface area contributed by atoms with E-state index in [1.807, 2.05) is 41.3 Å². The van der Waals surface area contributed by atoms with Crippen LogP contribution in [0.15, 0.2) is 66.7 Å². The summed E-state index contributed by atoms with van der Waals surface area (Å²) in [5.74, 6) is 0.637. The van der Waals surface area contributed by atoms with Gasteiger partial charge < -0.3 is 14.4 Å². The summed E-state index contributed by atoms with van der Waals surface area (Å²) in [5.41, 5.74) is 3.60. The second-order valence-electron chi connectivity index (χ2n) is 9.03. The van der Waals surface area contributed by atoms with Gasteiger partial charge in [-0.1, -0.05) is 36.4 Å². The fourth-order valence-corrected chi connectivity index (χ4v) is 4.94. The van der Waals surface area contributed by atoms with Crippen LogP contribution in [0.3, 0.4) is 0 Å². The minimum Gasteiger partial charge on any atom is -0.481 e. The molecular formula is C28H27N3O3. The third-order valence-corrected chi connectivity index (χ3v) is 7.04. The zero-order valence-electron chi connectivity index (χ0n) is 19.2. The standard InChI is InChI=1S/C28H27N3O3/c1-33-27-16-24(21-7-6-19-4-2-3-5-20(19)14-21)25-15-22(8-9-26(25)29-27)28(32)31-12-10-30(11-13-31)23-17-34-18-23/h2-9,14-16,23H,10-13,17-18H2,1H3. The van der Waals surface area contributed by atoms with E-state index in [-0.39, 0.29) is 5.91 Å². The van der Waals surface area contributed by atoms with E-state index in [1.54, 1.807) is 7.11 Å². The Labute approximate surface area is 198 Å². The van der Waals surface area contributed by atoms with Crippen LogP contribution in [-0.2, 0) is 4.74 Å². The molecule has 2 aliphatic heterocycles. The lowest BCUT2D eigenvalue weighted by atomic mass is 9.97. The molecule has 6 nitrogen and oxygen atoms in total. The Morgan fingerprint density at radius 1 is 0.941 bits per heavy atom. The summed E-state index contributed by atoms with van der Waals surface area (Å²) in [6.45, 7) is 4.90. The predicted molar refractivity (Wildman–Crippen MR) is 133 cm³/mol. The van der Waals surface area contributed by atoms with Gasteiger partial charge in [-0.05, 0) is 46.2 Å². The Morgan fingerprint density at radius 2 is 1.74 bits per heavy atom. The average Bonchev–Trinajstić information content (AvgIpc) is 2.86. The van der Waals surface area contributed by atoms with Crippen LogP contribution in [0.4, 0.5) is 0 Å². The largest absolute Gasteiger partial charge is 0.481 e. The minimum atomic E-state index is 0.0756. The van der Waals surface area contributed by atoms with Gasteiger partial charge in [-0.25, -0.2) is 4.98 Å². The number of nitrogens with zero attached hydrogens (tertiary/aromatic N) is 3. The van der Waals surface area contributed by atoms with Gasteiger partial charge in [-0.2, -0.15) is 0 Å². The third kappa shape index (κ3) is 3.79. The summed E-state index contributed by atoms with van der Waals surface area (Å²) in [7, 11) is 1.63. The van der Waals surface area contributed by atoms with Gasteiger partial charge in [-0.3, -0.25) is 9.69 Å². The number of pyridine rings is 1. The monoisotopic (exact) mass is 453 g/mol. The normalized spacial score (nSPS) is 17.1. The Bertz CT molecular complexity index is 1370. The van der Waals surface area contributed by atoms with Gasteiger partial charge in [0.05, 0.1) is 31.9 Å². The molecule has 1 amide bonds. The van der Waals surface area contributed by atoms with Crippen LogP contribution in [0.5, 0.6) is 5.88 Å². The lowest BCUT2D eigenvalue weighted by Gasteiger charge is -2.42. The molecule has 0 atom stereocenters. The van der Waals surface area contributed by atoms with E-state index in [4.69, 9.17) is 9.47 Å². The van der Waals surface area contributed by atoms with Crippen molar-refractivity contribution in [2.45, 2.75) is 6.04 Å². The molecular weight excluding hydrogens is 426 g/mol. The van der Waals surface area contributed by atoms with Gasteiger partial charge in [0.1, 0.15) is 0 Å². The fraction of sp³-hybridized carbons (Fsp3) is 0.286. The van der Waals surface area contributed by atoms with Crippen molar-refractivity contribution in [1.82, 2.24) is 14.8 Å². The van der Waals surface area contributed by atoms with Crippen molar-refractivity contribution in [2.24, 2.45) is 0 Å². The number of carbonyl (C=O) groups excluding carboxylic acids is 1. The van der Waals surface area contributed by atoms with Crippen LogP contribution in [0.1, 0.15) is 10.4 Å². The second-order valence-corrected chi connectivity index (χ2v) is 9.03. The fourth-order valence-electron chi connectivity index (χ4n) is 4.94. The number of methoxy groups -OCH3 is 1. The van der Waals surface area contributed by atoms with E-state index >= 15 is 0 Å². The molecule has 2 fully saturated rings. The number of piperazine rings is 1. The van der Waals surface area contributed by atoms with Crippen molar-refractivity contribution in [3.63, 3.8) is 0 Å². The van der Waals surface area contributed by atoms with Crippen molar-refractivity contribution in [3.05, 3.63) is 72.3 Å². The van der Waals surface area contributed by atoms with E-state index < -0.39 is 0 Å². The van der Waals surface area contributed by atoms with Gasteiger partial charge in [0.2, 0.25) is 5.88 Å². The van der Waals surface area contributed by atoms with Crippen molar-refractivity contribution < 1.29 is 14.3 Å². The maximum Gasteiger partial charge on any atom is 0.253 e. The highest BCUT2D eigenvalue weighted by Gasteiger charge is 2.30. The highest BCUT2D eigenvalue weighted by Crippen LogP contribution is 2.33. The first-order valence-electron chi connectivity index (χ1n) is 11.8. The topological polar surface area (TPSA) is 54.9 Å². The van der Waals surface area contributed by atoms with Gasteiger partial charge in [-0.15, -0.1) is 0 Å². The minimum absolute atomic E-state index is 0.0756. The first-order valence-corrected chi connectivity index (χ1v) is 11.8. The number of carbonyl (C=O) groups is 1. The summed E-state index contributed by atoms with van der Waals surface area (Å²) in [6.07, 6.45) is 0. The zero-order valence-corrected chi connectivity index (χ0v) is 19.2. The molecule has 0 saturated carbocycles. The van der Waals surface area contributed by atoms with Gasteiger partial charge >= 0.3 is 0 Å². The van der Waals surface area contributed by atoms with E-state index in [1.165, 1.54) is 10.8 Å². The van der Waals surface area contributed by atoms with E-state index in [9.17, 15) is 4.79 Å². The third-order valence-electron chi connectivity index (χ3n) is 7.04. The highest BCUT2D eigenvalue weighted by atomic mass is 16.5. The SMILES string of the molecule is COc1cc(-c2ccc3ccccc3c2)c2cc(C(=O)N3CCN(C4COC4)CC3)ccc2n1. The van der Waals surface area contributed by atoms with Crippen molar-refractivity contribution in [3.8, 4) is 17.0 Å². The number of amides is 1.